The first kappa shape index (κ1) is 24.3. The van der Waals surface area contributed by atoms with E-state index in [1.165, 1.54) is 6.07 Å². The summed E-state index contributed by atoms with van der Waals surface area (Å²) < 4.78 is 66.2. The lowest BCUT2D eigenvalue weighted by atomic mass is 9.89. The highest BCUT2D eigenvalue weighted by Crippen LogP contribution is 2.43. The Morgan fingerprint density at radius 3 is 2.38 bits per heavy atom. The zero-order valence-electron chi connectivity index (χ0n) is 18.5. The topological polar surface area (TPSA) is 118 Å². The number of nitrogens with one attached hydrogen (secondary N) is 1. The Kier molecular flexibility index (Phi) is 6.74. The summed E-state index contributed by atoms with van der Waals surface area (Å²) in [6, 6.07) is 9.45. The Bertz CT molecular complexity index is 1240. The van der Waals surface area contributed by atoms with Crippen molar-refractivity contribution in [1.29, 1.82) is 0 Å². The molecule has 0 saturated carbocycles. The largest absolute Gasteiger partial charge is 0.417 e. The molecule has 1 aromatic heterocycles. The summed E-state index contributed by atoms with van der Waals surface area (Å²) >= 11 is 0. The van der Waals surface area contributed by atoms with Crippen molar-refractivity contribution in [2.24, 2.45) is 5.73 Å². The molecular formula is C22H25F3N6O2S. The van der Waals surface area contributed by atoms with Gasteiger partial charge in [-0.05, 0) is 53.9 Å². The molecule has 0 amide bonds. The molecule has 182 valence electrons. The van der Waals surface area contributed by atoms with E-state index in [-0.39, 0.29) is 17.0 Å². The predicted octanol–water partition coefficient (Wildman–Crippen LogP) is 3.09. The van der Waals surface area contributed by atoms with Crippen LogP contribution in [0, 0.1) is 0 Å². The summed E-state index contributed by atoms with van der Waals surface area (Å²) in [6.07, 6.45) is -2.07. The Morgan fingerprint density at radius 1 is 1.12 bits per heavy atom. The molecule has 12 heteroatoms. The molecule has 34 heavy (non-hydrogen) atoms. The van der Waals surface area contributed by atoms with E-state index in [4.69, 9.17) is 5.73 Å². The van der Waals surface area contributed by atoms with Crippen LogP contribution in [0.15, 0.2) is 41.3 Å². The average molecular weight is 495 g/mol. The number of halogens is 3. The lowest BCUT2D eigenvalue weighted by Crippen LogP contribution is -2.45. The minimum atomic E-state index is -4.88. The second-order valence-electron chi connectivity index (χ2n) is 8.44. The van der Waals surface area contributed by atoms with Crippen molar-refractivity contribution < 1.29 is 21.6 Å². The molecule has 0 radical (unpaired) electrons. The van der Waals surface area contributed by atoms with Crippen LogP contribution in [0.3, 0.4) is 0 Å². The number of H-pyrrole nitrogens is 1. The molecule has 1 aliphatic heterocycles. The molecule has 2 heterocycles. The van der Waals surface area contributed by atoms with Crippen molar-refractivity contribution in [3.8, 4) is 22.5 Å². The van der Waals surface area contributed by atoms with Gasteiger partial charge in [0.2, 0.25) is 5.82 Å². The van der Waals surface area contributed by atoms with Gasteiger partial charge in [-0.15, -0.1) is 10.2 Å². The van der Waals surface area contributed by atoms with Crippen LogP contribution in [0.5, 0.6) is 0 Å². The van der Waals surface area contributed by atoms with Gasteiger partial charge in [0, 0.05) is 25.3 Å². The van der Waals surface area contributed by atoms with Crippen LogP contribution in [0.4, 0.5) is 13.2 Å². The molecule has 0 spiro atoms. The van der Waals surface area contributed by atoms with Gasteiger partial charge in [0.1, 0.15) is 0 Å². The van der Waals surface area contributed by atoms with Gasteiger partial charge in [-0.1, -0.05) is 30.3 Å². The molecule has 2 aromatic carbocycles. The van der Waals surface area contributed by atoms with E-state index >= 15 is 0 Å². The van der Waals surface area contributed by atoms with Crippen LogP contribution < -0.4 is 5.73 Å². The number of sulfone groups is 1. The quantitative estimate of drug-likeness (QED) is 0.462. The monoisotopic (exact) mass is 494 g/mol. The van der Waals surface area contributed by atoms with E-state index < -0.39 is 26.5 Å². The summed E-state index contributed by atoms with van der Waals surface area (Å²) in [5.41, 5.74) is 6.00. The summed E-state index contributed by atoms with van der Waals surface area (Å²) in [5, 5.41) is 13.2. The number of hydrogen-bond acceptors (Lipinski definition) is 7. The van der Waals surface area contributed by atoms with Gasteiger partial charge in [-0.25, -0.2) is 8.42 Å². The van der Waals surface area contributed by atoms with Crippen molar-refractivity contribution in [3.05, 3.63) is 47.5 Å². The molecule has 1 saturated heterocycles. The van der Waals surface area contributed by atoms with Crippen LogP contribution in [-0.4, -0.2) is 66.4 Å². The highest BCUT2D eigenvalue weighted by molar-refractivity contribution is 7.91. The molecule has 0 aliphatic carbocycles. The zero-order chi connectivity index (χ0) is 24.5. The first-order chi connectivity index (χ1) is 16.1. The normalized spacial score (nSPS) is 15.4. The number of nitrogens with zero attached hydrogens (tertiary/aromatic N) is 4. The molecule has 0 unspecified atom stereocenters. The Hall–Kier alpha value is -2.83. The Labute approximate surface area is 195 Å². The first-order valence-electron chi connectivity index (χ1n) is 10.8. The van der Waals surface area contributed by atoms with E-state index in [9.17, 15) is 21.6 Å². The van der Waals surface area contributed by atoms with Crippen molar-refractivity contribution in [2.75, 3.05) is 32.4 Å². The summed E-state index contributed by atoms with van der Waals surface area (Å²) in [4.78, 5) is 1.49. The second-order valence-corrected chi connectivity index (χ2v) is 10.4. The van der Waals surface area contributed by atoms with Crippen LogP contribution in [0.1, 0.15) is 29.9 Å². The summed E-state index contributed by atoms with van der Waals surface area (Å²) in [6.45, 7) is 3.59. The fraction of sp³-hybridized carbons (Fsp3) is 0.409. The van der Waals surface area contributed by atoms with Gasteiger partial charge in [-0.3, -0.25) is 0 Å². The predicted molar refractivity (Wildman–Crippen MR) is 121 cm³/mol. The highest BCUT2D eigenvalue weighted by Gasteiger charge is 2.39. The van der Waals surface area contributed by atoms with Gasteiger partial charge >= 0.3 is 6.18 Å². The number of rotatable bonds is 8. The average Bonchev–Trinajstić information content (AvgIpc) is 3.28. The van der Waals surface area contributed by atoms with E-state index in [1.807, 2.05) is 12.1 Å². The smallest absolute Gasteiger partial charge is 0.330 e. The van der Waals surface area contributed by atoms with Crippen molar-refractivity contribution in [2.45, 2.75) is 29.8 Å². The molecule has 3 N–H and O–H groups in total. The van der Waals surface area contributed by atoms with E-state index in [0.717, 1.165) is 50.4 Å². The molecule has 8 nitrogen and oxygen atoms in total. The number of aromatic nitrogens is 4. The lowest BCUT2D eigenvalue weighted by molar-refractivity contribution is -0.139. The molecule has 4 rings (SSSR count). The lowest BCUT2D eigenvalue weighted by Gasteiger charge is -2.39. The van der Waals surface area contributed by atoms with Crippen molar-refractivity contribution in [3.63, 3.8) is 0 Å². The van der Waals surface area contributed by atoms with Gasteiger partial charge in [0.05, 0.1) is 16.0 Å². The van der Waals surface area contributed by atoms with E-state index in [1.54, 1.807) is 12.1 Å². The standard InChI is InChI=1S/C22H25F3N6O2S/c1-34(32,33)20-18(22(23,24)25)9-8-17(19(20)21-27-29-30-28-21)15-6-4-14(5-7-15)16-12-31(13-16)11-3-2-10-26/h4-9,16H,2-3,10-13,26H2,1H3,(H,27,28,29,30). The maximum atomic E-state index is 13.7. The maximum absolute atomic E-state index is 13.7. The van der Waals surface area contributed by atoms with Gasteiger partial charge in [0.15, 0.2) is 9.84 Å². The minimum Gasteiger partial charge on any atom is -0.330 e. The van der Waals surface area contributed by atoms with Crippen LogP contribution in [0.2, 0.25) is 0 Å². The highest BCUT2D eigenvalue weighted by atomic mass is 32.2. The first-order valence-corrected chi connectivity index (χ1v) is 12.7. The third-order valence-corrected chi connectivity index (χ3v) is 7.15. The molecular weight excluding hydrogens is 469 g/mol. The molecule has 1 fully saturated rings. The van der Waals surface area contributed by atoms with Gasteiger partial charge in [-0.2, -0.15) is 18.4 Å². The number of aromatic amines is 1. The van der Waals surface area contributed by atoms with Crippen LogP contribution >= 0.6 is 0 Å². The Morgan fingerprint density at radius 2 is 1.82 bits per heavy atom. The van der Waals surface area contributed by atoms with E-state index in [0.29, 0.717) is 18.0 Å². The number of benzene rings is 2. The number of unbranched alkanes of at least 4 members (excludes halogenated alkanes) is 1. The number of nitrogens with two attached hydrogens (primary N) is 1. The number of hydrogen-bond donors (Lipinski definition) is 2. The number of tetrazole rings is 1. The maximum Gasteiger partial charge on any atom is 0.417 e. The fourth-order valence-electron chi connectivity index (χ4n) is 4.30. The SMILES string of the molecule is CS(=O)(=O)c1c(C(F)(F)F)ccc(-c2ccc(C3CN(CCCCN)C3)cc2)c1-c1nn[nH]n1. The van der Waals surface area contributed by atoms with Crippen molar-refractivity contribution in [1.82, 2.24) is 25.5 Å². The third-order valence-electron chi connectivity index (χ3n) is 5.98. The van der Waals surface area contributed by atoms with Crippen LogP contribution in [-0.2, 0) is 16.0 Å². The molecule has 3 aromatic rings. The zero-order valence-corrected chi connectivity index (χ0v) is 19.3. The van der Waals surface area contributed by atoms with E-state index in [2.05, 4.69) is 25.5 Å². The van der Waals surface area contributed by atoms with Crippen LogP contribution in [0.25, 0.3) is 22.5 Å². The van der Waals surface area contributed by atoms with Gasteiger partial charge < -0.3 is 10.6 Å². The minimum absolute atomic E-state index is 0.224. The summed E-state index contributed by atoms with van der Waals surface area (Å²) in [5.74, 6) is 0.153. The fourth-order valence-corrected chi connectivity index (χ4v) is 5.45. The third kappa shape index (κ3) is 4.98. The van der Waals surface area contributed by atoms with Crippen molar-refractivity contribution >= 4 is 9.84 Å². The number of likely N-dealkylation sites (tertiary alicyclic amines) is 1. The molecule has 0 bridgehead atoms. The number of alkyl halides is 3. The second kappa shape index (κ2) is 9.43. The molecule has 1 aliphatic rings. The summed E-state index contributed by atoms with van der Waals surface area (Å²) in [7, 11) is -4.29. The van der Waals surface area contributed by atoms with Gasteiger partial charge in [0.25, 0.3) is 0 Å². The molecule has 0 atom stereocenters. The Balaban J connectivity index is 1.70.